The Morgan fingerprint density at radius 3 is 2.70 bits per heavy atom. The third kappa shape index (κ3) is 6.88. The van der Waals surface area contributed by atoms with Crippen molar-refractivity contribution in [1.82, 2.24) is 5.32 Å². The smallest absolute Gasteiger partial charge is 0.316 e. The molecule has 0 bridgehead atoms. The molecule has 0 heterocycles. The number of hydrogen-bond acceptors (Lipinski definition) is 7. The summed E-state index contributed by atoms with van der Waals surface area (Å²) in [5, 5.41) is 11.3. The number of carbonyl (C=O) groups is 2. The SMILES string of the molecule is CCOC(=O)CSC1=CC=C(S(=O)(=O)CC2CCCCC2C(=O)NCC#N)CC1C. The largest absolute Gasteiger partial charge is 0.465 e. The third-order valence-corrected chi connectivity index (χ3v) is 8.73. The first-order valence-electron chi connectivity index (χ1n) is 10.3. The molecule has 0 aromatic rings. The zero-order chi connectivity index (χ0) is 22.1. The minimum absolute atomic E-state index is 0.000261. The highest BCUT2D eigenvalue weighted by Gasteiger charge is 2.35. The van der Waals surface area contributed by atoms with Crippen LogP contribution in [-0.4, -0.2) is 45.0 Å². The van der Waals surface area contributed by atoms with E-state index in [-0.39, 0.29) is 47.7 Å². The summed E-state index contributed by atoms with van der Waals surface area (Å²) in [5.74, 6) is -0.940. The van der Waals surface area contributed by atoms with Gasteiger partial charge in [-0.25, -0.2) is 8.42 Å². The van der Waals surface area contributed by atoms with Crippen molar-refractivity contribution in [3.05, 3.63) is 22.0 Å². The van der Waals surface area contributed by atoms with Crippen molar-refractivity contribution < 1.29 is 22.7 Å². The molecule has 0 radical (unpaired) electrons. The first-order valence-corrected chi connectivity index (χ1v) is 13.0. The first-order chi connectivity index (χ1) is 14.3. The van der Waals surface area contributed by atoms with Gasteiger partial charge < -0.3 is 10.1 Å². The summed E-state index contributed by atoms with van der Waals surface area (Å²) in [5.41, 5.74) is 0. The van der Waals surface area contributed by atoms with E-state index >= 15 is 0 Å². The van der Waals surface area contributed by atoms with Gasteiger partial charge in [-0.3, -0.25) is 9.59 Å². The number of nitrogens with one attached hydrogen (secondary N) is 1. The maximum absolute atomic E-state index is 13.1. The van der Waals surface area contributed by atoms with Crippen molar-refractivity contribution in [3.8, 4) is 6.07 Å². The van der Waals surface area contributed by atoms with E-state index < -0.39 is 9.84 Å². The van der Waals surface area contributed by atoms with Crippen molar-refractivity contribution in [2.45, 2.75) is 46.0 Å². The number of ether oxygens (including phenoxy) is 1. The molecule has 7 nitrogen and oxygen atoms in total. The molecule has 1 saturated carbocycles. The number of rotatable bonds is 9. The Morgan fingerprint density at radius 1 is 1.30 bits per heavy atom. The molecule has 0 spiro atoms. The van der Waals surface area contributed by atoms with Gasteiger partial charge in [0.1, 0.15) is 6.54 Å². The predicted molar refractivity (Wildman–Crippen MR) is 117 cm³/mol. The molecule has 3 atom stereocenters. The second kappa shape index (κ2) is 11.6. The van der Waals surface area contributed by atoms with E-state index in [0.717, 1.165) is 17.7 Å². The van der Waals surface area contributed by atoms with Crippen molar-refractivity contribution in [2.75, 3.05) is 24.7 Å². The molecule has 30 heavy (non-hydrogen) atoms. The van der Waals surface area contributed by atoms with Crippen LogP contribution in [0.5, 0.6) is 0 Å². The Hall–Kier alpha value is -1.79. The number of carbonyl (C=O) groups excluding carboxylic acids is 2. The summed E-state index contributed by atoms with van der Waals surface area (Å²) >= 11 is 1.38. The molecule has 166 valence electrons. The van der Waals surface area contributed by atoms with E-state index in [0.29, 0.717) is 30.8 Å². The van der Waals surface area contributed by atoms with E-state index in [1.54, 1.807) is 19.1 Å². The number of esters is 1. The Morgan fingerprint density at radius 2 is 2.03 bits per heavy atom. The maximum Gasteiger partial charge on any atom is 0.316 e. The van der Waals surface area contributed by atoms with Crippen LogP contribution in [0, 0.1) is 29.1 Å². The van der Waals surface area contributed by atoms with E-state index in [9.17, 15) is 18.0 Å². The number of nitriles is 1. The molecular weight excluding hydrogens is 424 g/mol. The van der Waals surface area contributed by atoms with E-state index in [1.807, 2.05) is 13.0 Å². The van der Waals surface area contributed by atoms with Crippen LogP contribution in [0.15, 0.2) is 22.0 Å². The number of amides is 1. The van der Waals surface area contributed by atoms with Crippen LogP contribution in [0.1, 0.15) is 46.0 Å². The van der Waals surface area contributed by atoms with Gasteiger partial charge in [-0.2, -0.15) is 5.26 Å². The van der Waals surface area contributed by atoms with Crippen LogP contribution in [0.2, 0.25) is 0 Å². The number of hydrogen-bond donors (Lipinski definition) is 1. The lowest BCUT2D eigenvalue weighted by molar-refractivity contribution is -0.139. The summed E-state index contributed by atoms with van der Waals surface area (Å²) in [7, 11) is -3.50. The van der Waals surface area contributed by atoms with Gasteiger partial charge in [0.25, 0.3) is 0 Å². The second-order valence-electron chi connectivity index (χ2n) is 7.71. The van der Waals surface area contributed by atoms with Crippen LogP contribution in [0.25, 0.3) is 0 Å². The van der Waals surface area contributed by atoms with Crippen LogP contribution < -0.4 is 5.32 Å². The summed E-state index contributed by atoms with van der Waals surface area (Å²) < 4.78 is 31.1. The molecule has 1 amide bonds. The van der Waals surface area contributed by atoms with E-state index in [4.69, 9.17) is 10.00 Å². The summed E-state index contributed by atoms with van der Waals surface area (Å²) in [4.78, 5) is 25.3. The van der Waals surface area contributed by atoms with Crippen LogP contribution in [0.4, 0.5) is 0 Å². The molecular formula is C21H30N2O5S2. The monoisotopic (exact) mass is 454 g/mol. The lowest BCUT2D eigenvalue weighted by Crippen LogP contribution is -2.39. The lowest BCUT2D eigenvalue weighted by atomic mass is 9.80. The number of thioether (sulfide) groups is 1. The fourth-order valence-electron chi connectivity index (χ4n) is 3.97. The average molecular weight is 455 g/mol. The highest BCUT2D eigenvalue weighted by molar-refractivity contribution is 8.03. The van der Waals surface area contributed by atoms with E-state index in [2.05, 4.69) is 5.32 Å². The average Bonchev–Trinajstić information content (AvgIpc) is 2.71. The minimum atomic E-state index is -3.50. The Labute approximate surface area is 183 Å². The van der Waals surface area contributed by atoms with Gasteiger partial charge in [0.15, 0.2) is 9.84 Å². The molecule has 0 saturated heterocycles. The quantitative estimate of drug-likeness (QED) is 0.421. The van der Waals surface area contributed by atoms with Crippen LogP contribution in [0.3, 0.4) is 0 Å². The molecule has 0 aromatic heterocycles. The highest BCUT2D eigenvalue weighted by atomic mass is 32.2. The Balaban J connectivity index is 2.06. The molecule has 1 fully saturated rings. The number of allylic oxidation sites excluding steroid dienone is 4. The number of nitrogens with zero attached hydrogens (tertiary/aromatic N) is 1. The van der Waals surface area contributed by atoms with Crippen molar-refractivity contribution in [1.29, 1.82) is 5.26 Å². The first kappa shape index (κ1) is 24.5. The Kier molecular flexibility index (Phi) is 9.43. The standard InChI is InChI=1S/C21H30N2O5S2/c1-3-28-20(24)13-29-19-9-8-17(12-15(19)2)30(26,27)14-16-6-4-5-7-18(16)21(25)23-11-10-22/h8-9,15-16,18H,3-7,11-14H2,1-2H3,(H,23,25). The highest BCUT2D eigenvalue weighted by Crippen LogP contribution is 2.37. The fourth-order valence-corrected chi connectivity index (χ4v) is 6.83. The zero-order valence-corrected chi connectivity index (χ0v) is 19.2. The normalized spacial score (nSPS) is 24.2. The van der Waals surface area contributed by atoms with Gasteiger partial charge in [-0.1, -0.05) is 25.8 Å². The molecule has 2 aliphatic rings. The lowest BCUT2D eigenvalue weighted by Gasteiger charge is -2.31. The van der Waals surface area contributed by atoms with Gasteiger partial charge in [0, 0.05) is 10.8 Å². The topological polar surface area (TPSA) is 113 Å². The zero-order valence-electron chi connectivity index (χ0n) is 17.6. The third-order valence-electron chi connectivity index (χ3n) is 5.51. The number of sulfone groups is 1. The molecule has 2 aliphatic carbocycles. The maximum atomic E-state index is 13.1. The van der Waals surface area contributed by atoms with Gasteiger partial charge in [0.05, 0.1) is 24.2 Å². The van der Waals surface area contributed by atoms with Crippen molar-refractivity contribution in [3.63, 3.8) is 0 Å². The van der Waals surface area contributed by atoms with Gasteiger partial charge >= 0.3 is 5.97 Å². The summed E-state index contributed by atoms with van der Waals surface area (Å²) in [6.07, 6.45) is 6.96. The molecule has 0 aromatic carbocycles. The van der Waals surface area contributed by atoms with Crippen molar-refractivity contribution in [2.24, 2.45) is 17.8 Å². The molecule has 3 unspecified atom stereocenters. The minimum Gasteiger partial charge on any atom is -0.465 e. The van der Waals surface area contributed by atoms with Crippen LogP contribution >= 0.6 is 11.8 Å². The second-order valence-corrected chi connectivity index (χ2v) is 10.8. The Bertz CT molecular complexity index is 842. The molecule has 2 rings (SSSR count). The summed E-state index contributed by atoms with van der Waals surface area (Å²) in [6.45, 7) is 3.99. The fraction of sp³-hybridized carbons (Fsp3) is 0.667. The molecule has 1 N–H and O–H groups in total. The van der Waals surface area contributed by atoms with Crippen molar-refractivity contribution >= 4 is 33.5 Å². The van der Waals surface area contributed by atoms with Crippen LogP contribution in [-0.2, 0) is 24.2 Å². The van der Waals surface area contributed by atoms with Gasteiger partial charge in [0.2, 0.25) is 5.91 Å². The molecule has 9 heteroatoms. The van der Waals surface area contributed by atoms with Gasteiger partial charge in [-0.15, -0.1) is 11.8 Å². The predicted octanol–water partition coefficient (Wildman–Crippen LogP) is 2.95. The molecule has 0 aliphatic heterocycles. The van der Waals surface area contributed by atoms with Gasteiger partial charge in [-0.05, 0) is 49.0 Å². The van der Waals surface area contributed by atoms with E-state index in [1.165, 1.54) is 11.8 Å². The summed E-state index contributed by atoms with van der Waals surface area (Å²) in [6, 6.07) is 1.89.